The van der Waals surface area contributed by atoms with E-state index in [1.54, 1.807) is 18.3 Å². The maximum Gasteiger partial charge on any atom is 0.114 e. The molecule has 0 saturated carbocycles. The molecule has 2 heterocycles. The maximum atomic E-state index is 10.6. The molecule has 0 aliphatic rings. The van der Waals surface area contributed by atoms with Crippen LogP contribution in [0.3, 0.4) is 0 Å². The van der Waals surface area contributed by atoms with Crippen LogP contribution >= 0.6 is 0 Å². The molecule has 0 bridgehead atoms. The summed E-state index contributed by atoms with van der Waals surface area (Å²) in [6, 6.07) is 5.03. The lowest BCUT2D eigenvalue weighted by Gasteiger charge is -2.03. The third kappa shape index (κ3) is 1.56. The molecule has 0 aromatic carbocycles. The van der Waals surface area contributed by atoms with Gasteiger partial charge in [-0.3, -0.25) is 9.19 Å². The van der Waals surface area contributed by atoms with Crippen molar-refractivity contribution in [2.24, 2.45) is 0 Å². The summed E-state index contributed by atoms with van der Waals surface area (Å²) in [4.78, 5) is 7.75. The summed E-state index contributed by atoms with van der Waals surface area (Å²) in [6.45, 7) is 0. The highest BCUT2D eigenvalue weighted by Gasteiger charge is 1.97. The Labute approximate surface area is 76.9 Å². The van der Waals surface area contributed by atoms with E-state index >= 15 is 0 Å². The standard InChI is InChI=1S/C8H6N2O2S/c11-13(12)8-4-6-2-1-3-9-7(6)5-10-8/h1-5H,(H,11,12)/p-1. The van der Waals surface area contributed by atoms with Gasteiger partial charge < -0.3 is 4.55 Å². The highest BCUT2D eigenvalue weighted by molar-refractivity contribution is 7.79. The van der Waals surface area contributed by atoms with Gasteiger partial charge in [0.25, 0.3) is 0 Å². The zero-order valence-corrected chi connectivity index (χ0v) is 7.32. The Morgan fingerprint density at radius 3 is 3.00 bits per heavy atom. The minimum absolute atomic E-state index is 0.0421. The predicted molar refractivity (Wildman–Crippen MR) is 46.7 cm³/mol. The van der Waals surface area contributed by atoms with Crippen LogP contribution in [-0.2, 0) is 11.1 Å². The second-order valence-corrected chi connectivity index (χ2v) is 3.34. The Bertz CT molecular complexity index is 472. The van der Waals surface area contributed by atoms with Crippen molar-refractivity contribution in [1.82, 2.24) is 9.97 Å². The molecular formula is C8H5N2O2S-. The zero-order chi connectivity index (χ0) is 9.26. The molecule has 2 rings (SSSR count). The maximum absolute atomic E-state index is 10.6. The van der Waals surface area contributed by atoms with Crippen LogP contribution in [0.2, 0.25) is 0 Å². The Hall–Kier alpha value is -1.33. The molecule has 66 valence electrons. The van der Waals surface area contributed by atoms with Gasteiger partial charge in [-0.2, -0.15) is 0 Å². The third-order valence-corrected chi connectivity index (χ3v) is 2.20. The van der Waals surface area contributed by atoms with Gasteiger partial charge >= 0.3 is 0 Å². The van der Waals surface area contributed by atoms with Crippen molar-refractivity contribution in [1.29, 1.82) is 0 Å². The second kappa shape index (κ2) is 3.20. The summed E-state index contributed by atoms with van der Waals surface area (Å²) >= 11 is -2.27. The fraction of sp³-hybridized carbons (Fsp3) is 0. The first kappa shape index (κ1) is 8.28. The molecule has 0 aliphatic heterocycles. The minimum atomic E-state index is -2.27. The highest BCUT2D eigenvalue weighted by Crippen LogP contribution is 2.11. The van der Waals surface area contributed by atoms with Gasteiger partial charge in [0.1, 0.15) is 5.03 Å². The van der Waals surface area contributed by atoms with Crippen molar-refractivity contribution >= 4 is 22.0 Å². The summed E-state index contributed by atoms with van der Waals surface area (Å²) in [5.41, 5.74) is 0.691. The lowest BCUT2D eigenvalue weighted by Crippen LogP contribution is -1.93. The molecule has 5 heteroatoms. The van der Waals surface area contributed by atoms with Gasteiger partial charge in [0.05, 0.1) is 11.7 Å². The van der Waals surface area contributed by atoms with Gasteiger partial charge in [0.2, 0.25) is 0 Å². The van der Waals surface area contributed by atoms with E-state index in [0.717, 1.165) is 5.39 Å². The van der Waals surface area contributed by atoms with Gasteiger partial charge in [-0.05, 0) is 23.2 Å². The summed E-state index contributed by atoms with van der Waals surface area (Å²) in [5.74, 6) is 0. The van der Waals surface area contributed by atoms with Gasteiger partial charge in [-0.25, -0.2) is 4.98 Å². The monoisotopic (exact) mass is 193 g/mol. The van der Waals surface area contributed by atoms with Crippen LogP contribution in [0.5, 0.6) is 0 Å². The van der Waals surface area contributed by atoms with Crippen LogP contribution in [0.4, 0.5) is 0 Å². The Morgan fingerprint density at radius 2 is 2.23 bits per heavy atom. The second-order valence-electron chi connectivity index (χ2n) is 2.45. The first-order valence-corrected chi connectivity index (χ1v) is 4.65. The number of hydrogen-bond acceptors (Lipinski definition) is 4. The van der Waals surface area contributed by atoms with Crippen LogP contribution in [0.15, 0.2) is 35.6 Å². The molecule has 13 heavy (non-hydrogen) atoms. The summed E-state index contributed by atoms with van der Waals surface area (Å²) in [6.07, 6.45) is 3.08. The topological polar surface area (TPSA) is 65.9 Å². The molecule has 0 fully saturated rings. The normalized spacial score (nSPS) is 13.0. The SMILES string of the molecule is O=S([O-])c1cc2cccnc2cn1. The summed E-state index contributed by atoms with van der Waals surface area (Å²) in [7, 11) is 0. The molecule has 0 spiro atoms. The molecule has 0 aliphatic carbocycles. The molecule has 0 saturated heterocycles. The van der Waals surface area contributed by atoms with E-state index in [1.165, 1.54) is 12.3 Å². The van der Waals surface area contributed by atoms with Crippen molar-refractivity contribution in [2.45, 2.75) is 5.03 Å². The molecule has 0 amide bonds. The smallest absolute Gasteiger partial charge is 0.114 e. The summed E-state index contributed by atoms with van der Waals surface area (Å²) in [5, 5.41) is 0.817. The molecular weight excluding hydrogens is 188 g/mol. The molecule has 1 unspecified atom stereocenters. The van der Waals surface area contributed by atoms with Gasteiger partial charge in [0, 0.05) is 11.6 Å². The van der Waals surface area contributed by atoms with Crippen molar-refractivity contribution in [3.05, 3.63) is 30.6 Å². The Balaban J connectivity index is 2.69. The number of fused-ring (bicyclic) bond motifs is 1. The largest absolute Gasteiger partial charge is 0.767 e. The number of hydrogen-bond donors (Lipinski definition) is 0. The molecule has 2 aromatic heterocycles. The van der Waals surface area contributed by atoms with Crippen LogP contribution in [0.25, 0.3) is 10.9 Å². The molecule has 0 N–H and O–H groups in total. The Kier molecular flexibility index (Phi) is 2.03. The quantitative estimate of drug-likeness (QED) is 0.630. The third-order valence-electron chi connectivity index (χ3n) is 1.64. The van der Waals surface area contributed by atoms with E-state index in [0.29, 0.717) is 5.52 Å². The Morgan fingerprint density at radius 1 is 1.38 bits per heavy atom. The number of aromatic nitrogens is 2. The molecule has 4 nitrogen and oxygen atoms in total. The first-order chi connectivity index (χ1) is 6.27. The van der Waals surface area contributed by atoms with Crippen molar-refractivity contribution in [3.63, 3.8) is 0 Å². The van der Waals surface area contributed by atoms with Gasteiger partial charge in [0.15, 0.2) is 0 Å². The van der Waals surface area contributed by atoms with Crippen molar-refractivity contribution in [2.75, 3.05) is 0 Å². The first-order valence-electron chi connectivity index (χ1n) is 3.57. The van der Waals surface area contributed by atoms with Gasteiger partial charge in [-0.1, -0.05) is 6.07 Å². The lowest BCUT2D eigenvalue weighted by atomic mass is 10.3. The van der Waals surface area contributed by atoms with Crippen molar-refractivity contribution in [3.8, 4) is 0 Å². The van der Waals surface area contributed by atoms with E-state index < -0.39 is 11.1 Å². The molecule has 1 atom stereocenters. The fourth-order valence-electron chi connectivity index (χ4n) is 1.05. The zero-order valence-electron chi connectivity index (χ0n) is 6.51. The number of nitrogens with zero attached hydrogens (tertiary/aromatic N) is 2. The highest BCUT2D eigenvalue weighted by atomic mass is 32.2. The average molecular weight is 193 g/mol. The molecule has 0 radical (unpaired) electrons. The van der Waals surface area contributed by atoms with E-state index in [-0.39, 0.29) is 5.03 Å². The van der Waals surface area contributed by atoms with Crippen LogP contribution in [0.1, 0.15) is 0 Å². The van der Waals surface area contributed by atoms with Crippen LogP contribution in [-0.4, -0.2) is 18.7 Å². The number of pyridine rings is 2. The average Bonchev–Trinajstić information content (AvgIpc) is 2.17. The predicted octanol–water partition coefficient (Wildman–Crippen LogP) is 0.868. The summed E-state index contributed by atoms with van der Waals surface area (Å²) < 4.78 is 21.1. The van der Waals surface area contributed by atoms with E-state index in [9.17, 15) is 8.76 Å². The minimum Gasteiger partial charge on any atom is -0.767 e. The lowest BCUT2D eigenvalue weighted by molar-refractivity contribution is 0.533. The molecule has 2 aromatic rings. The van der Waals surface area contributed by atoms with Crippen LogP contribution in [0, 0.1) is 0 Å². The van der Waals surface area contributed by atoms with Gasteiger partial charge in [-0.15, -0.1) is 0 Å². The van der Waals surface area contributed by atoms with E-state index in [1.807, 2.05) is 0 Å². The van der Waals surface area contributed by atoms with Crippen LogP contribution < -0.4 is 0 Å². The van der Waals surface area contributed by atoms with Crippen molar-refractivity contribution < 1.29 is 8.76 Å². The number of rotatable bonds is 1. The van der Waals surface area contributed by atoms with E-state index in [4.69, 9.17) is 0 Å². The van der Waals surface area contributed by atoms with E-state index in [2.05, 4.69) is 9.97 Å². The fourth-order valence-corrected chi connectivity index (χ4v) is 1.41.